The van der Waals surface area contributed by atoms with Gasteiger partial charge in [0.2, 0.25) is 0 Å². The highest BCUT2D eigenvalue weighted by molar-refractivity contribution is 7.15. The number of aromatic amines is 1. The van der Waals surface area contributed by atoms with Gasteiger partial charge in [0.15, 0.2) is 5.78 Å². The molecule has 4 rings (SSSR count). The van der Waals surface area contributed by atoms with E-state index in [4.69, 9.17) is 11.6 Å². The van der Waals surface area contributed by atoms with Gasteiger partial charge in [-0.2, -0.15) is 0 Å². The van der Waals surface area contributed by atoms with Crippen molar-refractivity contribution in [3.05, 3.63) is 92.8 Å². The molecule has 2 N–H and O–H groups in total. The van der Waals surface area contributed by atoms with Gasteiger partial charge in [-0.3, -0.25) is 9.59 Å². The Kier molecular flexibility index (Phi) is 5.51. The summed E-state index contributed by atoms with van der Waals surface area (Å²) in [7, 11) is 0. The number of nitrogens with one attached hydrogen (secondary N) is 2. The van der Waals surface area contributed by atoms with Crippen molar-refractivity contribution in [3.8, 4) is 0 Å². The number of aromatic nitrogens is 1. The van der Waals surface area contributed by atoms with Crippen LogP contribution in [-0.2, 0) is 0 Å². The van der Waals surface area contributed by atoms with Crippen molar-refractivity contribution in [2.45, 2.75) is 12.8 Å². The Morgan fingerprint density at radius 2 is 1.72 bits per heavy atom. The summed E-state index contributed by atoms with van der Waals surface area (Å²) in [5.74, 6) is -0.350. The van der Waals surface area contributed by atoms with E-state index in [0.29, 0.717) is 21.3 Å². The lowest BCUT2D eigenvalue weighted by molar-refractivity contribution is 0.0955. The largest absolute Gasteiger partial charge is 0.361 e. The van der Waals surface area contributed by atoms with Crippen molar-refractivity contribution >= 4 is 45.5 Å². The van der Waals surface area contributed by atoms with Crippen LogP contribution in [0.4, 0.5) is 0 Å². The lowest BCUT2D eigenvalue weighted by atomic mass is 9.90. The van der Waals surface area contributed by atoms with Crippen molar-refractivity contribution in [3.63, 3.8) is 0 Å². The Morgan fingerprint density at radius 3 is 2.48 bits per heavy atom. The molecule has 146 valence electrons. The van der Waals surface area contributed by atoms with Gasteiger partial charge in [-0.1, -0.05) is 48.0 Å². The molecule has 0 unspecified atom stereocenters. The number of halogens is 1. The molecule has 0 spiro atoms. The molecule has 0 saturated carbocycles. The topological polar surface area (TPSA) is 62.0 Å². The molecule has 1 amide bonds. The maximum absolute atomic E-state index is 12.7. The quantitative estimate of drug-likeness (QED) is 0.394. The van der Waals surface area contributed by atoms with Gasteiger partial charge in [-0.15, -0.1) is 11.3 Å². The van der Waals surface area contributed by atoms with Crippen LogP contribution in [0.15, 0.2) is 66.9 Å². The van der Waals surface area contributed by atoms with Crippen LogP contribution < -0.4 is 5.32 Å². The maximum atomic E-state index is 12.7. The third kappa shape index (κ3) is 3.97. The molecule has 0 saturated heterocycles. The molecule has 29 heavy (non-hydrogen) atoms. The highest BCUT2D eigenvalue weighted by atomic mass is 35.5. The van der Waals surface area contributed by atoms with E-state index in [0.717, 1.165) is 22.0 Å². The molecule has 4 aromatic rings. The lowest BCUT2D eigenvalue weighted by Crippen LogP contribution is -2.28. The van der Waals surface area contributed by atoms with Gasteiger partial charge in [0.05, 0.1) is 9.75 Å². The highest BCUT2D eigenvalue weighted by Crippen LogP contribution is 2.34. The molecule has 0 aliphatic carbocycles. The minimum absolute atomic E-state index is 0.0400. The van der Waals surface area contributed by atoms with E-state index < -0.39 is 0 Å². The van der Waals surface area contributed by atoms with E-state index in [9.17, 15) is 9.59 Å². The number of thiophene rings is 1. The molecule has 2 heterocycles. The number of benzene rings is 2. The second-order valence-corrected chi connectivity index (χ2v) is 8.28. The number of amides is 1. The van der Waals surface area contributed by atoms with Crippen molar-refractivity contribution in [1.29, 1.82) is 0 Å². The number of carbonyl (C=O) groups is 2. The molecule has 0 aliphatic heterocycles. The minimum atomic E-state index is -0.195. The van der Waals surface area contributed by atoms with Crippen LogP contribution in [0.1, 0.15) is 43.3 Å². The molecular weight excluding hydrogens is 404 g/mol. The number of para-hydroxylation sites is 1. The number of hydrogen-bond acceptors (Lipinski definition) is 3. The molecule has 0 aliphatic rings. The molecule has 6 heteroatoms. The third-order valence-corrected chi connectivity index (χ3v) is 6.45. The molecule has 2 aromatic carbocycles. The number of ketones is 1. The summed E-state index contributed by atoms with van der Waals surface area (Å²) >= 11 is 7.71. The fraction of sp³-hybridized carbons (Fsp3) is 0.130. The lowest BCUT2D eigenvalue weighted by Gasteiger charge is -2.19. The van der Waals surface area contributed by atoms with E-state index in [2.05, 4.69) is 16.4 Å². The minimum Gasteiger partial charge on any atom is -0.361 e. The fourth-order valence-electron chi connectivity index (χ4n) is 3.46. The van der Waals surface area contributed by atoms with E-state index in [-0.39, 0.29) is 17.6 Å². The van der Waals surface area contributed by atoms with E-state index in [1.807, 2.05) is 48.7 Å². The summed E-state index contributed by atoms with van der Waals surface area (Å²) in [4.78, 5) is 28.6. The van der Waals surface area contributed by atoms with Crippen molar-refractivity contribution in [2.75, 3.05) is 6.54 Å². The van der Waals surface area contributed by atoms with E-state index in [1.54, 1.807) is 12.1 Å². The van der Waals surface area contributed by atoms with Gasteiger partial charge in [0.25, 0.3) is 5.91 Å². The first-order valence-electron chi connectivity index (χ1n) is 9.24. The summed E-state index contributed by atoms with van der Waals surface area (Å²) < 4.78 is 0. The summed E-state index contributed by atoms with van der Waals surface area (Å²) in [5, 5.41) is 4.78. The maximum Gasteiger partial charge on any atom is 0.261 e. The Labute approximate surface area is 177 Å². The average molecular weight is 423 g/mol. The zero-order chi connectivity index (χ0) is 20.4. The summed E-state index contributed by atoms with van der Waals surface area (Å²) in [6.45, 7) is 1.88. The van der Waals surface area contributed by atoms with Crippen LogP contribution in [0.3, 0.4) is 0 Å². The van der Waals surface area contributed by atoms with Gasteiger partial charge in [-0.05, 0) is 42.3 Å². The number of hydrogen-bond donors (Lipinski definition) is 2. The van der Waals surface area contributed by atoms with Gasteiger partial charge < -0.3 is 10.3 Å². The first-order valence-corrected chi connectivity index (χ1v) is 10.4. The number of carbonyl (C=O) groups excluding carboxylic acids is 2. The monoisotopic (exact) mass is 422 g/mol. The second-order valence-electron chi connectivity index (χ2n) is 6.79. The van der Waals surface area contributed by atoms with Crippen LogP contribution in [0, 0.1) is 0 Å². The van der Waals surface area contributed by atoms with E-state index >= 15 is 0 Å². The van der Waals surface area contributed by atoms with Gasteiger partial charge in [0.1, 0.15) is 0 Å². The Bertz CT molecular complexity index is 1190. The fourth-order valence-corrected chi connectivity index (χ4v) is 4.54. The molecule has 0 radical (unpaired) electrons. The molecule has 1 atom stereocenters. The Morgan fingerprint density at radius 1 is 1.00 bits per heavy atom. The predicted molar refractivity (Wildman–Crippen MR) is 118 cm³/mol. The number of Topliss-reactive ketones (excluding diaryl/α,β-unsaturated/α-hetero) is 1. The van der Waals surface area contributed by atoms with Crippen molar-refractivity contribution in [1.82, 2.24) is 10.3 Å². The number of H-pyrrole nitrogens is 1. The van der Waals surface area contributed by atoms with Gasteiger partial charge in [0, 0.05) is 34.6 Å². The third-order valence-electron chi connectivity index (χ3n) is 4.92. The van der Waals surface area contributed by atoms with Crippen LogP contribution in [0.2, 0.25) is 5.02 Å². The predicted octanol–water partition coefficient (Wildman–Crippen LogP) is 5.65. The molecular formula is C23H19ClN2O2S. The zero-order valence-corrected chi connectivity index (χ0v) is 17.3. The summed E-state index contributed by atoms with van der Waals surface area (Å²) in [6, 6.07) is 19.1. The Balaban J connectivity index is 1.65. The normalized spacial score (nSPS) is 12.1. The molecule has 0 fully saturated rings. The van der Waals surface area contributed by atoms with Gasteiger partial charge in [-0.25, -0.2) is 0 Å². The first-order chi connectivity index (χ1) is 14.0. The van der Waals surface area contributed by atoms with Crippen LogP contribution in [0.5, 0.6) is 0 Å². The molecule has 0 bridgehead atoms. The summed E-state index contributed by atoms with van der Waals surface area (Å²) in [6.07, 6.45) is 1.98. The van der Waals surface area contributed by atoms with Crippen LogP contribution in [0.25, 0.3) is 10.9 Å². The number of rotatable bonds is 6. The van der Waals surface area contributed by atoms with Crippen LogP contribution >= 0.6 is 22.9 Å². The smallest absolute Gasteiger partial charge is 0.261 e. The second kappa shape index (κ2) is 8.23. The van der Waals surface area contributed by atoms with Gasteiger partial charge >= 0.3 is 0 Å². The first kappa shape index (κ1) is 19.4. The van der Waals surface area contributed by atoms with Crippen molar-refractivity contribution < 1.29 is 9.59 Å². The number of fused-ring (bicyclic) bond motifs is 1. The standard InChI is InChI=1S/C23H19ClN2O2S/c1-14(27)21-10-11-22(29-21)23(28)26-13-17(15-6-2-4-8-19(15)24)18-12-25-20-9-5-3-7-16(18)20/h2-12,17,25H,13H2,1H3,(H,26,28)/t17-/m0/s1. The molecule has 4 nitrogen and oxygen atoms in total. The van der Waals surface area contributed by atoms with Crippen LogP contribution in [-0.4, -0.2) is 23.2 Å². The highest BCUT2D eigenvalue weighted by Gasteiger charge is 2.22. The summed E-state index contributed by atoms with van der Waals surface area (Å²) in [5.41, 5.74) is 3.06. The molecule has 2 aromatic heterocycles. The zero-order valence-electron chi connectivity index (χ0n) is 15.7. The van der Waals surface area contributed by atoms with Crippen molar-refractivity contribution in [2.24, 2.45) is 0 Å². The van der Waals surface area contributed by atoms with E-state index in [1.165, 1.54) is 18.3 Å². The Hall–Kier alpha value is -2.89. The SMILES string of the molecule is CC(=O)c1ccc(C(=O)NC[C@@H](c2ccccc2Cl)c2c[nH]c3ccccc23)s1. The average Bonchev–Trinajstić information content (AvgIpc) is 3.37.